The van der Waals surface area contributed by atoms with Crippen molar-refractivity contribution >= 4 is 16.9 Å². The molecule has 10 nitrogen and oxygen atoms in total. The number of benzene rings is 3. The fraction of sp³-hybridized carbons (Fsp3) is 0.297. The summed E-state index contributed by atoms with van der Waals surface area (Å²) in [6, 6.07) is 15.5. The van der Waals surface area contributed by atoms with Gasteiger partial charge in [-0.2, -0.15) is 5.10 Å². The number of alkyl halides is 2. The minimum absolute atomic E-state index is 0.00169. The van der Waals surface area contributed by atoms with Crippen LogP contribution in [0.2, 0.25) is 0 Å². The van der Waals surface area contributed by atoms with E-state index in [1.165, 1.54) is 45.9 Å². The van der Waals surface area contributed by atoms with Gasteiger partial charge in [-0.3, -0.25) is 9.48 Å². The van der Waals surface area contributed by atoms with Gasteiger partial charge in [0.1, 0.15) is 11.6 Å². The Kier molecular flexibility index (Phi) is 8.56. The van der Waals surface area contributed by atoms with Gasteiger partial charge in [0.2, 0.25) is 5.88 Å². The number of fused-ring (bicyclic) bond motifs is 10. The lowest BCUT2D eigenvalue weighted by molar-refractivity contribution is -0.141. The molecule has 6 bridgehead atoms. The van der Waals surface area contributed by atoms with Crippen molar-refractivity contribution in [3.8, 4) is 28.8 Å². The molecule has 14 heteroatoms. The number of nitrogens with one attached hydrogen (secondary N) is 1. The first-order valence-corrected chi connectivity index (χ1v) is 16.3. The van der Waals surface area contributed by atoms with Crippen molar-refractivity contribution in [1.29, 1.82) is 0 Å². The van der Waals surface area contributed by atoms with Crippen LogP contribution >= 0.6 is 0 Å². The molecule has 0 amide bonds. The van der Waals surface area contributed by atoms with E-state index in [2.05, 4.69) is 15.2 Å². The zero-order valence-electron chi connectivity index (χ0n) is 28.0. The number of carboxylic acids is 1. The molecule has 51 heavy (non-hydrogen) atoms. The molecule has 6 aromatic rings. The van der Waals surface area contributed by atoms with E-state index in [0.29, 0.717) is 27.6 Å². The van der Waals surface area contributed by atoms with E-state index in [4.69, 9.17) is 14.5 Å². The molecule has 2 N–H and O–H groups in total. The molecule has 0 fully saturated rings. The third-order valence-corrected chi connectivity index (χ3v) is 9.41. The first-order valence-electron chi connectivity index (χ1n) is 16.3. The molecule has 264 valence electrons. The number of rotatable bonds is 4. The van der Waals surface area contributed by atoms with Gasteiger partial charge in [-0.15, -0.1) is 5.10 Å². The lowest BCUT2D eigenvalue weighted by Gasteiger charge is -2.30. The SMILES string of the molecule is C[C@H](Cc1cccc(C2(C)CCC(F)(F)COc3ccn(n3)Cc3c(c(F)cc4[nH]ccc34)Oc3ccc(F)c(c3)-c3nc2nn3C)c1)C(=O)O. The summed E-state index contributed by atoms with van der Waals surface area (Å²) in [6.07, 6.45) is 2.62. The first-order chi connectivity index (χ1) is 24.3. The van der Waals surface area contributed by atoms with Crippen molar-refractivity contribution in [2.45, 2.75) is 51.0 Å². The highest BCUT2D eigenvalue weighted by Crippen LogP contribution is 2.41. The maximum Gasteiger partial charge on any atom is 0.306 e. The zero-order chi connectivity index (χ0) is 36.1. The van der Waals surface area contributed by atoms with Crippen LogP contribution in [0.5, 0.6) is 17.4 Å². The Bertz CT molecular complexity index is 2260. The topological polar surface area (TPSA) is 120 Å². The summed E-state index contributed by atoms with van der Waals surface area (Å²) >= 11 is 0. The zero-order valence-corrected chi connectivity index (χ0v) is 28.0. The molecule has 0 saturated heterocycles. The summed E-state index contributed by atoms with van der Waals surface area (Å²) in [7, 11) is 1.56. The van der Waals surface area contributed by atoms with Crippen molar-refractivity contribution in [2.75, 3.05) is 6.61 Å². The molecule has 1 aliphatic rings. The van der Waals surface area contributed by atoms with E-state index in [-0.39, 0.29) is 54.0 Å². The average Bonchev–Trinajstić information content (AvgIpc) is 3.85. The molecular weight excluding hydrogens is 668 g/mol. The lowest BCUT2D eigenvalue weighted by Crippen LogP contribution is -2.32. The predicted octanol–water partition coefficient (Wildman–Crippen LogP) is 7.66. The smallest absolute Gasteiger partial charge is 0.306 e. The Labute approximate surface area is 289 Å². The molecule has 1 unspecified atom stereocenters. The number of ether oxygens (including phenoxy) is 2. The summed E-state index contributed by atoms with van der Waals surface area (Å²) in [4.78, 5) is 19.3. The number of aromatic amines is 1. The van der Waals surface area contributed by atoms with Crippen molar-refractivity contribution in [2.24, 2.45) is 13.0 Å². The second kappa shape index (κ2) is 12.9. The summed E-state index contributed by atoms with van der Waals surface area (Å²) in [5, 5.41) is 19.1. The van der Waals surface area contributed by atoms with Gasteiger partial charge >= 0.3 is 5.97 Å². The quantitative estimate of drug-likeness (QED) is 0.181. The first kappa shape index (κ1) is 33.8. The number of halogens is 4. The number of carboxylic acid groups (broad SMARTS) is 1. The van der Waals surface area contributed by atoms with Crippen LogP contribution < -0.4 is 9.47 Å². The standard InChI is InChI=1S/C37H34F4N6O4/c1-21(34(48)49)15-22-5-4-6-23(16-22)36(2)11-12-37(40,41)20-50-31-10-14-47(44-31)19-27-25-9-13-42-30(25)18-29(39)32(27)51-24-7-8-28(38)26(17-24)33-43-35(36)45-46(33)3/h4-10,13-14,16-18,21,42H,11-12,15,19-20H2,1-3H3,(H,48,49)/t21-,36?/m1/s1. The molecule has 0 spiro atoms. The molecule has 2 atom stereocenters. The Balaban J connectivity index is 1.37. The maximum atomic E-state index is 15.7. The van der Waals surface area contributed by atoms with Crippen molar-refractivity contribution in [3.63, 3.8) is 0 Å². The number of hydrogen-bond acceptors (Lipinski definition) is 6. The summed E-state index contributed by atoms with van der Waals surface area (Å²) in [5.41, 5.74) is 0.956. The highest BCUT2D eigenvalue weighted by atomic mass is 19.3. The number of H-pyrrole nitrogens is 1. The minimum atomic E-state index is -3.32. The van der Waals surface area contributed by atoms with Crippen molar-refractivity contribution < 1.29 is 36.9 Å². The van der Waals surface area contributed by atoms with Crippen LogP contribution in [0.15, 0.2) is 73.1 Å². The van der Waals surface area contributed by atoms with E-state index in [0.717, 1.165) is 0 Å². The lowest BCUT2D eigenvalue weighted by atomic mass is 9.76. The van der Waals surface area contributed by atoms with Crippen molar-refractivity contribution in [3.05, 3.63) is 107 Å². The maximum absolute atomic E-state index is 15.7. The van der Waals surface area contributed by atoms with E-state index >= 15 is 17.6 Å². The molecule has 1 aliphatic heterocycles. The fourth-order valence-corrected chi connectivity index (χ4v) is 6.42. The van der Waals surface area contributed by atoms with Crippen LogP contribution in [-0.2, 0) is 30.2 Å². The predicted molar refractivity (Wildman–Crippen MR) is 179 cm³/mol. The van der Waals surface area contributed by atoms with Gasteiger partial charge in [-0.05, 0) is 55.2 Å². The Morgan fingerprint density at radius 2 is 1.88 bits per heavy atom. The van der Waals surface area contributed by atoms with Crippen LogP contribution in [0.25, 0.3) is 22.3 Å². The van der Waals surface area contributed by atoms with Gasteiger partial charge in [-0.1, -0.05) is 31.2 Å². The van der Waals surface area contributed by atoms with Gasteiger partial charge in [-0.25, -0.2) is 27.2 Å². The number of aryl methyl sites for hydroxylation is 1. The van der Waals surface area contributed by atoms with Crippen LogP contribution in [0.1, 0.15) is 49.2 Å². The van der Waals surface area contributed by atoms with Gasteiger partial charge < -0.3 is 19.6 Å². The van der Waals surface area contributed by atoms with E-state index in [9.17, 15) is 9.90 Å². The molecule has 4 heterocycles. The summed E-state index contributed by atoms with van der Waals surface area (Å²) in [6.45, 7) is 2.35. The highest BCUT2D eigenvalue weighted by molar-refractivity contribution is 5.85. The normalized spacial score (nSPS) is 18.1. The molecular formula is C37H34F4N6O4. The van der Waals surface area contributed by atoms with Crippen LogP contribution in [0.4, 0.5) is 17.6 Å². The second-order valence-corrected chi connectivity index (χ2v) is 13.2. The van der Waals surface area contributed by atoms with Gasteiger partial charge in [0, 0.05) is 54.5 Å². The minimum Gasteiger partial charge on any atom is -0.481 e. The Morgan fingerprint density at radius 1 is 1.06 bits per heavy atom. The number of nitrogens with zero attached hydrogens (tertiary/aromatic N) is 5. The van der Waals surface area contributed by atoms with Crippen LogP contribution in [0, 0.1) is 17.6 Å². The average molecular weight is 703 g/mol. The number of aliphatic carboxylic acids is 1. The fourth-order valence-electron chi connectivity index (χ4n) is 6.42. The molecule has 0 aliphatic carbocycles. The number of aromatic nitrogens is 6. The van der Waals surface area contributed by atoms with Gasteiger partial charge in [0.15, 0.2) is 29.8 Å². The monoisotopic (exact) mass is 702 g/mol. The summed E-state index contributed by atoms with van der Waals surface area (Å²) < 4.78 is 76.9. The third-order valence-electron chi connectivity index (χ3n) is 9.41. The molecule has 3 aromatic carbocycles. The van der Waals surface area contributed by atoms with E-state index in [1.54, 1.807) is 57.4 Å². The molecule has 0 radical (unpaired) electrons. The van der Waals surface area contributed by atoms with E-state index in [1.807, 2.05) is 0 Å². The second-order valence-electron chi connectivity index (χ2n) is 13.2. The van der Waals surface area contributed by atoms with Gasteiger partial charge in [0.05, 0.1) is 23.4 Å². The van der Waals surface area contributed by atoms with Crippen LogP contribution in [-0.4, -0.2) is 53.1 Å². The Morgan fingerprint density at radius 3 is 2.69 bits per heavy atom. The Hall–Kier alpha value is -5.66. The summed E-state index contributed by atoms with van der Waals surface area (Å²) in [5.74, 6) is -6.10. The van der Waals surface area contributed by atoms with Crippen LogP contribution in [0.3, 0.4) is 0 Å². The molecule has 3 aromatic heterocycles. The molecule has 0 saturated carbocycles. The third kappa shape index (κ3) is 6.65. The van der Waals surface area contributed by atoms with Crippen molar-refractivity contribution in [1.82, 2.24) is 29.5 Å². The van der Waals surface area contributed by atoms with Gasteiger partial charge in [0.25, 0.3) is 5.92 Å². The molecule has 7 rings (SSSR count). The van der Waals surface area contributed by atoms with E-state index < -0.39 is 47.9 Å². The highest BCUT2D eigenvalue weighted by Gasteiger charge is 2.40. The number of hydrogen-bond donors (Lipinski definition) is 2. The largest absolute Gasteiger partial charge is 0.481 e. The number of carbonyl (C=O) groups is 1.